The van der Waals surface area contributed by atoms with Crippen molar-refractivity contribution in [2.45, 2.75) is 23.6 Å². The second-order valence-electron chi connectivity index (χ2n) is 5.77. The first-order chi connectivity index (χ1) is 13.2. The minimum absolute atomic E-state index is 0.00981. The molecule has 0 saturated carbocycles. The van der Waals surface area contributed by atoms with E-state index in [0.717, 1.165) is 11.3 Å². The van der Waals surface area contributed by atoms with Crippen molar-refractivity contribution in [3.05, 3.63) is 65.7 Å². The van der Waals surface area contributed by atoms with Crippen LogP contribution in [-0.4, -0.2) is 37.2 Å². The maximum atomic E-state index is 11.3. The number of hydrogen-bond donors (Lipinski definition) is 3. The number of amides is 1. The minimum Gasteiger partial charge on any atom is -0.342 e. The van der Waals surface area contributed by atoms with Gasteiger partial charge >= 0.3 is 0 Å². The monoisotopic (exact) mass is 421 g/mol. The molecule has 150 valence electrons. The number of aryl methyl sites for hydroxylation is 1. The van der Waals surface area contributed by atoms with Gasteiger partial charge in [0.2, 0.25) is 5.91 Å². The molecule has 4 N–H and O–H groups in total. The average Bonchev–Trinajstić information content (AvgIpc) is 2.67. The Morgan fingerprint density at radius 2 is 1.82 bits per heavy atom. The van der Waals surface area contributed by atoms with Crippen molar-refractivity contribution in [2.24, 2.45) is 5.73 Å². The molecule has 0 heterocycles. The lowest BCUT2D eigenvalue weighted by atomic mass is 10.2. The molecule has 2 aromatic carbocycles. The molecular weight excluding hydrogens is 398 g/mol. The fraction of sp³-hybridized carbons (Fsp3) is 0.263. The summed E-state index contributed by atoms with van der Waals surface area (Å²) >= 11 is 1.61. The molecule has 0 aliphatic rings. The van der Waals surface area contributed by atoms with Gasteiger partial charge in [-0.15, -0.1) is 0 Å². The lowest BCUT2D eigenvalue weighted by molar-refractivity contribution is -0.121. The number of nitrogens with zero attached hydrogens (tertiary/aromatic N) is 1. The van der Waals surface area contributed by atoms with Crippen molar-refractivity contribution in [1.82, 2.24) is 5.32 Å². The Hall–Kier alpha value is -2.38. The highest BCUT2D eigenvalue weighted by atomic mass is 32.2. The van der Waals surface area contributed by atoms with Crippen LogP contribution in [0.1, 0.15) is 11.1 Å². The molecule has 0 unspecified atom stereocenters. The van der Waals surface area contributed by atoms with Crippen LogP contribution in [-0.2, 0) is 20.7 Å². The minimum atomic E-state index is -4.02. The normalized spacial score (nSPS) is 11.5. The number of thioether (sulfide) groups is 1. The number of nitriles is 1. The smallest absolute Gasteiger partial charge is 0.294 e. The molecule has 28 heavy (non-hydrogen) atoms. The van der Waals surface area contributed by atoms with E-state index in [4.69, 9.17) is 15.5 Å². The summed E-state index contributed by atoms with van der Waals surface area (Å²) in [6.45, 7) is 1.85. The van der Waals surface area contributed by atoms with Crippen LogP contribution in [0.2, 0.25) is 0 Å². The van der Waals surface area contributed by atoms with E-state index in [1.807, 2.05) is 43.3 Å². The zero-order valence-corrected chi connectivity index (χ0v) is 17.0. The first-order valence-electron chi connectivity index (χ1n) is 8.30. The van der Waals surface area contributed by atoms with Gasteiger partial charge in [-0.25, -0.2) is 0 Å². The zero-order chi connectivity index (χ0) is 21.0. The van der Waals surface area contributed by atoms with E-state index < -0.39 is 16.2 Å². The lowest BCUT2D eigenvalue weighted by Gasteiger charge is -2.10. The Balaban J connectivity index is 0.000000307. The number of carbonyl (C=O) groups excluding carboxylic acids is 1. The van der Waals surface area contributed by atoms with Crippen LogP contribution in [0.5, 0.6) is 0 Å². The van der Waals surface area contributed by atoms with E-state index in [-0.39, 0.29) is 17.3 Å². The van der Waals surface area contributed by atoms with Gasteiger partial charge in [-0.1, -0.05) is 48.0 Å². The van der Waals surface area contributed by atoms with Gasteiger partial charge in [-0.2, -0.15) is 25.4 Å². The van der Waals surface area contributed by atoms with Crippen molar-refractivity contribution in [2.75, 3.05) is 12.3 Å². The first-order valence-corrected chi connectivity index (χ1v) is 10.9. The Labute approximate surface area is 169 Å². The van der Waals surface area contributed by atoms with E-state index in [2.05, 4.69) is 5.32 Å². The highest BCUT2D eigenvalue weighted by Gasteiger charge is 2.12. The summed E-state index contributed by atoms with van der Waals surface area (Å²) in [6, 6.07) is 17.3. The maximum Gasteiger partial charge on any atom is 0.294 e. The third-order valence-electron chi connectivity index (χ3n) is 3.41. The van der Waals surface area contributed by atoms with E-state index in [9.17, 15) is 13.2 Å². The van der Waals surface area contributed by atoms with Gasteiger partial charge in [-0.3, -0.25) is 9.35 Å². The lowest BCUT2D eigenvalue weighted by Crippen LogP contribution is -2.42. The number of nitrogens with two attached hydrogens (primary N) is 1. The zero-order valence-electron chi connectivity index (χ0n) is 15.4. The molecule has 1 amide bonds. The Morgan fingerprint density at radius 3 is 2.36 bits per heavy atom. The van der Waals surface area contributed by atoms with Crippen LogP contribution >= 0.6 is 11.8 Å². The molecule has 0 aliphatic carbocycles. The number of benzene rings is 2. The predicted molar refractivity (Wildman–Crippen MR) is 110 cm³/mol. The number of hydrogen-bond acceptors (Lipinski definition) is 6. The molecule has 9 heteroatoms. The van der Waals surface area contributed by atoms with Crippen LogP contribution in [0.3, 0.4) is 0 Å². The second-order valence-corrected chi connectivity index (χ2v) is 8.22. The summed E-state index contributed by atoms with van der Waals surface area (Å²) in [4.78, 5) is 11.3. The molecule has 0 radical (unpaired) electrons. The van der Waals surface area contributed by atoms with Crippen LogP contribution in [0, 0.1) is 18.3 Å². The molecule has 0 aromatic heterocycles. The largest absolute Gasteiger partial charge is 0.342 e. The molecule has 0 fully saturated rings. The molecule has 2 rings (SSSR count). The molecule has 0 spiro atoms. The van der Waals surface area contributed by atoms with Gasteiger partial charge in [-0.05, 0) is 24.6 Å². The van der Waals surface area contributed by atoms with Crippen molar-refractivity contribution < 1.29 is 17.8 Å². The van der Waals surface area contributed by atoms with Gasteiger partial charge in [0.05, 0.1) is 17.0 Å². The molecular formula is C19H23N3O4S2. The van der Waals surface area contributed by atoms with Crippen molar-refractivity contribution in [1.29, 1.82) is 5.26 Å². The SMILES string of the molecule is Cc1ccc(S(=O)(=O)O)cc1.N#CCNC(=O)[C@@H](N)CSCc1ccccc1. The van der Waals surface area contributed by atoms with Gasteiger partial charge < -0.3 is 11.1 Å². The van der Waals surface area contributed by atoms with E-state index in [0.29, 0.717) is 5.75 Å². The quantitative estimate of drug-likeness (QED) is 0.460. The molecule has 2 aromatic rings. The Bertz CT molecular complexity index is 880. The third-order valence-corrected chi connectivity index (χ3v) is 5.41. The van der Waals surface area contributed by atoms with Crippen molar-refractivity contribution >= 4 is 27.8 Å². The number of rotatable bonds is 7. The highest BCUT2D eigenvalue weighted by Crippen LogP contribution is 2.12. The summed E-state index contributed by atoms with van der Waals surface area (Å²) in [5.41, 5.74) is 7.85. The van der Waals surface area contributed by atoms with Crippen LogP contribution in [0.25, 0.3) is 0 Å². The average molecular weight is 422 g/mol. The molecule has 1 atom stereocenters. The summed E-state index contributed by atoms with van der Waals surface area (Å²) < 4.78 is 29.6. The van der Waals surface area contributed by atoms with Gasteiger partial charge in [0.25, 0.3) is 10.1 Å². The summed E-state index contributed by atoms with van der Waals surface area (Å²) in [5, 5.41) is 10.8. The van der Waals surface area contributed by atoms with E-state index >= 15 is 0 Å². The van der Waals surface area contributed by atoms with Gasteiger partial charge in [0.15, 0.2) is 0 Å². The van der Waals surface area contributed by atoms with Crippen molar-refractivity contribution in [3.8, 4) is 6.07 Å². The highest BCUT2D eigenvalue weighted by molar-refractivity contribution is 7.98. The molecule has 7 nitrogen and oxygen atoms in total. The molecule has 0 saturated heterocycles. The van der Waals surface area contributed by atoms with E-state index in [1.54, 1.807) is 23.9 Å². The summed E-state index contributed by atoms with van der Waals surface area (Å²) in [7, 11) is -4.02. The van der Waals surface area contributed by atoms with Gasteiger partial charge in [0.1, 0.15) is 6.54 Å². The van der Waals surface area contributed by atoms with E-state index in [1.165, 1.54) is 17.7 Å². The second kappa shape index (κ2) is 12.2. The fourth-order valence-electron chi connectivity index (χ4n) is 1.92. The van der Waals surface area contributed by atoms with Crippen LogP contribution in [0.15, 0.2) is 59.5 Å². The van der Waals surface area contributed by atoms with Crippen molar-refractivity contribution in [3.63, 3.8) is 0 Å². The topological polar surface area (TPSA) is 133 Å². The number of nitrogens with one attached hydrogen (secondary N) is 1. The molecule has 0 bridgehead atoms. The number of carbonyl (C=O) groups is 1. The maximum absolute atomic E-state index is 11.3. The standard InChI is InChI=1S/C12H15N3OS.C7H8O3S/c13-6-7-15-12(16)11(14)9-17-8-10-4-2-1-3-5-10;1-6-2-4-7(5-3-6)11(8,9)10/h1-5,11H,7-9,14H2,(H,15,16);2-5H,1H3,(H,8,9,10)/t11-;/m0./s1. The third kappa shape index (κ3) is 9.53. The summed E-state index contributed by atoms with van der Waals surface area (Å²) in [5.74, 6) is 1.11. The van der Waals surface area contributed by atoms with Crippen LogP contribution < -0.4 is 11.1 Å². The van der Waals surface area contributed by atoms with Gasteiger partial charge in [0, 0.05) is 11.5 Å². The first kappa shape index (κ1) is 23.7. The predicted octanol–water partition coefficient (Wildman–Crippen LogP) is 2.13. The van der Waals surface area contributed by atoms with Crippen LogP contribution in [0.4, 0.5) is 0 Å². The Morgan fingerprint density at radius 1 is 1.21 bits per heavy atom. The summed E-state index contributed by atoms with van der Waals surface area (Å²) in [6.07, 6.45) is 0. The molecule has 0 aliphatic heterocycles. The fourth-order valence-corrected chi connectivity index (χ4v) is 3.35. The Kier molecular flexibility index (Phi) is 10.3.